The van der Waals surface area contributed by atoms with Crippen molar-refractivity contribution in [3.63, 3.8) is 0 Å². The van der Waals surface area contributed by atoms with Crippen LogP contribution in [-0.4, -0.2) is 19.0 Å². The lowest BCUT2D eigenvalue weighted by molar-refractivity contribution is -0.118. The van der Waals surface area contributed by atoms with E-state index in [0.717, 1.165) is 18.5 Å². The van der Waals surface area contributed by atoms with Crippen LogP contribution in [0.15, 0.2) is 24.3 Å². The smallest absolute Gasteiger partial charge is 0.226 e. The second-order valence-corrected chi connectivity index (χ2v) is 4.84. The maximum atomic E-state index is 12.9. The van der Waals surface area contributed by atoms with Crippen molar-refractivity contribution in [2.75, 3.05) is 18.0 Å². The highest BCUT2D eigenvalue weighted by molar-refractivity contribution is 5.93. The van der Waals surface area contributed by atoms with Gasteiger partial charge in [0.1, 0.15) is 5.82 Å². The van der Waals surface area contributed by atoms with Gasteiger partial charge in [0.05, 0.1) is 0 Å². The Hall–Kier alpha value is -1.42. The van der Waals surface area contributed by atoms with Gasteiger partial charge in [-0.3, -0.25) is 4.79 Å². The standard InChI is InChI=1S/C15H23FN2O/c1-3-18(14-7-5-13(16)6-8-14)15(19)9-4-12(2)10-11-17/h5-8,12H,3-4,9-11,17H2,1-2H3. The van der Waals surface area contributed by atoms with Crippen molar-refractivity contribution < 1.29 is 9.18 Å². The molecule has 0 fully saturated rings. The minimum Gasteiger partial charge on any atom is -0.330 e. The van der Waals surface area contributed by atoms with E-state index in [1.807, 2.05) is 6.92 Å². The Morgan fingerprint density at radius 1 is 1.32 bits per heavy atom. The summed E-state index contributed by atoms with van der Waals surface area (Å²) in [5.41, 5.74) is 6.25. The number of carbonyl (C=O) groups excluding carboxylic acids is 1. The molecule has 19 heavy (non-hydrogen) atoms. The quantitative estimate of drug-likeness (QED) is 0.824. The lowest BCUT2D eigenvalue weighted by Gasteiger charge is -2.22. The SMILES string of the molecule is CCN(C(=O)CCC(C)CCN)c1ccc(F)cc1. The zero-order valence-electron chi connectivity index (χ0n) is 11.7. The number of rotatable bonds is 7. The van der Waals surface area contributed by atoms with Crippen LogP contribution < -0.4 is 10.6 Å². The van der Waals surface area contributed by atoms with Crippen LogP contribution >= 0.6 is 0 Å². The third-order valence-corrected chi connectivity index (χ3v) is 3.27. The average Bonchev–Trinajstić information content (AvgIpc) is 2.40. The lowest BCUT2D eigenvalue weighted by Crippen LogP contribution is -2.30. The Bertz CT molecular complexity index is 392. The summed E-state index contributed by atoms with van der Waals surface area (Å²) in [6.45, 7) is 5.28. The molecule has 0 aromatic heterocycles. The molecule has 1 amide bonds. The van der Waals surface area contributed by atoms with E-state index < -0.39 is 0 Å². The number of hydrogen-bond donors (Lipinski definition) is 1. The summed E-state index contributed by atoms with van der Waals surface area (Å²) < 4.78 is 12.9. The van der Waals surface area contributed by atoms with Crippen LogP contribution in [0.5, 0.6) is 0 Å². The van der Waals surface area contributed by atoms with Gasteiger partial charge in [-0.15, -0.1) is 0 Å². The Kier molecular flexibility index (Phi) is 6.50. The Balaban J connectivity index is 2.59. The molecule has 4 heteroatoms. The number of amides is 1. The predicted octanol–water partition coefficient (Wildman–Crippen LogP) is 2.94. The average molecular weight is 266 g/mol. The summed E-state index contributed by atoms with van der Waals surface area (Å²) >= 11 is 0. The molecular formula is C15H23FN2O. The van der Waals surface area contributed by atoms with Gasteiger partial charge in [0.2, 0.25) is 5.91 Å². The molecule has 106 valence electrons. The van der Waals surface area contributed by atoms with Gasteiger partial charge < -0.3 is 10.6 Å². The van der Waals surface area contributed by atoms with Crippen molar-refractivity contribution in [2.24, 2.45) is 11.7 Å². The summed E-state index contributed by atoms with van der Waals surface area (Å²) in [6.07, 6.45) is 2.29. The van der Waals surface area contributed by atoms with E-state index >= 15 is 0 Å². The van der Waals surface area contributed by atoms with Crippen molar-refractivity contribution in [2.45, 2.75) is 33.1 Å². The van der Waals surface area contributed by atoms with E-state index in [1.165, 1.54) is 12.1 Å². The van der Waals surface area contributed by atoms with Gasteiger partial charge in [-0.05, 0) is 56.5 Å². The Morgan fingerprint density at radius 2 is 1.95 bits per heavy atom. The molecule has 0 aliphatic heterocycles. The van der Waals surface area contributed by atoms with Crippen LogP contribution in [0.2, 0.25) is 0 Å². The maximum Gasteiger partial charge on any atom is 0.226 e. The molecule has 1 aromatic carbocycles. The zero-order chi connectivity index (χ0) is 14.3. The summed E-state index contributed by atoms with van der Waals surface area (Å²) in [5, 5.41) is 0. The van der Waals surface area contributed by atoms with Gasteiger partial charge in [0.15, 0.2) is 0 Å². The molecule has 1 unspecified atom stereocenters. The van der Waals surface area contributed by atoms with Crippen molar-refractivity contribution in [1.29, 1.82) is 0 Å². The van der Waals surface area contributed by atoms with E-state index in [2.05, 4.69) is 6.92 Å². The molecular weight excluding hydrogens is 243 g/mol. The molecule has 3 nitrogen and oxygen atoms in total. The molecule has 2 N–H and O–H groups in total. The minimum absolute atomic E-state index is 0.0815. The maximum absolute atomic E-state index is 12.9. The molecule has 0 spiro atoms. The normalized spacial score (nSPS) is 12.2. The first kappa shape index (κ1) is 15.6. The summed E-state index contributed by atoms with van der Waals surface area (Å²) in [6, 6.07) is 6.03. The number of benzene rings is 1. The monoisotopic (exact) mass is 266 g/mol. The highest BCUT2D eigenvalue weighted by atomic mass is 19.1. The molecule has 0 aliphatic carbocycles. The first-order valence-corrected chi connectivity index (χ1v) is 6.84. The van der Waals surface area contributed by atoms with E-state index in [4.69, 9.17) is 5.73 Å². The topological polar surface area (TPSA) is 46.3 Å². The summed E-state index contributed by atoms with van der Waals surface area (Å²) in [7, 11) is 0. The predicted molar refractivity (Wildman–Crippen MR) is 76.5 cm³/mol. The van der Waals surface area contributed by atoms with Crippen molar-refractivity contribution >= 4 is 11.6 Å². The van der Waals surface area contributed by atoms with E-state index in [0.29, 0.717) is 25.4 Å². The number of nitrogens with zero attached hydrogens (tertiary/aromatic N) is 1. The minimum atomic E-state index is -0.288. The van der Waals surface area contributed by atoms with Crippen LogP contribution in [0.3, 0.4) is 0 Å². The number of anilines is 1. The third-order valence-electron chi connectivity index (χ3n) is 3.27. The van der Waals surface area contributed by atoms with Gasteiger partial charge in [0, 0.05) is 18.7 Å². The largest absolute Gasteiger partial charge is 0.330 e. The number of hydrogen-bond acceptors (Lipinski definition) is 2. The van der Waals surface area contributed by atoms with Gasteiger partial charge in [0.25, 0.3) is 0 Å². The molecule has 1 aromatic rings. The molecule has 0 heterocycles. The molecule has 0 radical (unpaired) electrons. The lowest BCUT2D eigenvalue weighted by atomic mass is 10.0. The van der Waals surface area contributed by atoms with Gasteiger partial charge in [-0.1, -0.05) is 6.92 Å². The van der Waals surface area contributed by atoms with Crippen LogP contribution in [0.25, 0.3) is 0 Å². The number of halogens is 1. The first-order valence-electron chi connectivity index (χ1n) is 6.84. The van der Waals surface area contributed by atoms with Crippen molar-refractivity contribution in [1.82, 2.24) is 0 Å². The molecule has 1 atom stereocenters. The number of carbonyl (C=O) groups is 1. The Morgan fingerprint density at radius 3 is 2.47 bits per heavy atom. The van der Waals surface area contributed by atoms with E-state index in [9.17, 15) is 9.18 Å². The summed E-state index contributed by atoms with van der Waals surface area (Å²) in [4.78, 5) is 13.9. The van der Waals surface area contributed by atoms with Crippen LogP contribution in [0, 0.1) is 11.7 Å². The van der Waals surface area contributed by atoms with Crippen molar-refractivity contribution in [3.05, 3.63) is 30.1 Å². The molecule has 0 saturated heterocycles. The van der Waals surface area contributed by atoms with Crippen LogP contribution in [0.4, 0.5) is 10.1 Å². The van der Waals surface area contributed by atoms with E-state index in [1.54, 1.807) is 17.0 Å². The molecule has 0 bridgehead atoms. The molecule has 0 aliphatic rings. The van der Waals surface area contributed by atoms with Gasteiger partial charge >= 0.3 is 0 Å². The fourth-order valence-electron chi connectivity index (χ4n) is 2.06. The van der Waals surface area contributed by atoms with Crippen LogP contribution in [0.1, 0.15) is 33.1 Å². The highest BCUT2D eigenvalue weighted by Crippen LogP contribution is 2.18. The molecule has 1 rings (SSSR count). The fourth-order valence-corrected chi connectivity index (χ4v) is 2.06. The summed E-state index contributed by atoms with van der Waals surface area (Å²) in [5.74, 6) is 0.252. The van der Waals surface area contributed by atoms with Crippen molar-refractivity contribution in [3.8, 4) is 0 Å². The molecule has 0 saturated carbocycles. The zero-order valence-corrected chi connectivity index (χ0v) is 11.7. The second kappa shape index (κ2) is 7.89. The third kappa shape index (κ3) is 4.99. The van der Waals surface area contributed by atoms with Crippen LogP contribution in [-0.2, 0) is 4.79 Å². The second-order valence-electron chi connectivity index (χ2n) is 4.84. The van der Waals surface area contributed by atoms with E-state index in [-0.39, 0.29) is 11.7 Å². The number of nitrogens with two attached hydrogens (primary N) is 1. The van der Waals surface area contributed by atoms with Gasteiger partial charge in [-0.25, -0.2) is 4.39 Å². The fraction of sp³-hybridized carbons (Fsp3) is 0.533. The Labute approximate surface area is 114 Å². The first-order chi connectivity index (χ1) is 9.08. The highest BCUT2D eigenvalue weighted by Gasteiger charge is 2.14. The van der Waals surface area contributed by atoms with Gasteiger partial charge in [-0.2, -0.15) is 0 Å².